The number of halogens is 4. The predicted molar refractivity (Wildman–Crippen MR) is 124 cm³/mol. The van der Waals surface area contributed by atoms with Crippen LogP contribution in [0.1, 0.15) is 24.5 Å². The van der Waals surface area contributed by atoms with E-state index in [0.29, 0.717) is 23.9 Å². The molecule has 1 N–H and O–H groups in total. The first-order valence-corrected chi connectivity index (χ1v) is 11.8. The van der Waals surface area contributed by atoms with Crippen molar-refractivity contribution in [1.82, 2.24) is 0 Å². The predicted octanol–water partition coefficient (Wildman–Crippen LogP) is 5.92. The molecule has 2 aromatic carbocycles. The highest BCUT2D eigenvalue weighted by Crippen LogP contribution is 2.50. The number of amides is 1. The van der Waals surface area contributed by atoms with Crippen molar-refractivity contribution in [2.45, 2.75) is 44.8 Å². The van der Waals surface area contributed by atoms with Crippen LogP contribution < -0.4 is 4.74 Å². The van der Waals surface area contributed by atoms with Crippen molar-refractivity contribution >= 4 is 12.1 Å². The summed E-state index contributed by atoms with van der Waals surface area (Å²) >= 11 is 0. The van der Waals surface area contributed by atoms with Gasteiger partial charge in [-0.2, -0.15) is 22.4 Å². The number of alkyl halides is 3. The minimum Gasteiger partial charge on any atom is -0.481 e. The molecular formula is C27H24F4NO5+. The molecular weight excluding hydrogens is 494 g/mol. The number of carbonyl (C=O) groups is 2. The monoisotopic (exact) mass is 518 g/mol. The van der Waals surface area contributed by atoms with Gasteiger partial charge in [-0.25, -0.2) is 4.39 Å². The fourth-order valence-corrected chi connectivity index (χ4v) is 5.11. The van der Waals surface area contributed by atoms with E-state index in [4.69, 9.17) is 14.6 Å². The first-order chi connectivity index (χ1) is 17.5. The zero-order chi connectivity index (χ0) is 26.5. The maximum absolute atomic E-state index is 14.0. The lowest BCUT2D eigenvalue weighted by Crippen LogP contribution is -2.41. The van der Waals surface area contributed by atoms with Gasteiger partial charge in [0.15, 0.2) is 6.04 Å². The maximum Gasteiger partial charge on any atom is 0.520 e. The van der Waals surface area contributed by atoms with Crippen LogP contribution in [-0.4, -0.2) is 46.7 Å². The number of ether oxygens (including phenoxy) is 2. The third kappa shape index (κ3) is 4.61. The lowest BCUT2D eigenvalue weighted by molar-refractivity contribution is -0.780. The minimum atomic E-state index is -4.77. The fraction of sp³-hybridized carbons (Fsp3) is 0.333. The summed E-state index contributed by atoms with van der Waals surface area (Å²) in [5, 5.41) is 9.08. The number of carbonyl (C=O) groups excluding carboxylic acids is 1. The molecule has 2 aliphatic heterocycles. The van der Waals surface area contributed by atoms with Crippen LogP contribution in [0.5, 0.6) is 5.75 Å². The Balaban J connectivity index is 1.29. The largest absolute Gasteiger partial charge is 0.520 e. The smallest absolute Gasteiger partial charge is 0.481 e. The van der Waals surface area contributed by atoms with Crippen LogP contribution in [0, 0.1) is 5.92 Å². The lowest BCUT2D eigenvalue weighted by atomic mass is 9.96. The van der Waals surface area contributed by atoms with Crippen LogP contribution in [0.3, 0.4) is 0 Å². The van der Waals surface area contributed by atoms with Crippen LogP contribution in [0.15, 0.2) is 66.0 Å². The minimum absolute atomic E-state index is 0.0969. The van der Waals surface area contributed by atoms with Crippen molar-refractivity contribution in [3.63, 3.8) is 0 Å². The molecule has 1 saturated heterocycles. The van der Waals surface area contributed by atoms with E-state index in [1.54, 1.807) is 18.2 Å². The summed E-state index contributed by atoms with van der Waals surface area (Å²) in [6.45, 7) is 1.92. The highest BCUT2D eigenvalue weighted by molar-refractivity contribution is 5.73. The molecule has 5 rings (SSSR count). The second-order valence-corrected chi connectivity index (χ2v) is 9.65. The Morgan fingerprint density at radius 3 is 2.62 bits per heavy atom. The Labute approximate surface area is 210 Å². The molecule has 0 aromatic heterocycles. The number of carboxylic acids is 1. The highest BCUT2D eigenvalue weighted by Gasteiger charge is 2.74. The van der Waals surface area contributed by atoms with Gasteiger partial charge in [-0.1, -0.05) is 42.5 Å². The Hall–Kier alpha value is -3.66. The molecule has 10 heteroatoms. The molecule has 1 amide bonds. The number of nitrogens with zero attached hydrogens (tertiary/aromatic N) is 1. The second-order valence-electron chi connectivity index (χ2n) is 9.65. The van der Waals surface area contributed by atoms with Crippen molar-refractivity contribution < 1.29 is 46.2 Å². The standard InChI is InChI=1S/C27H23F4NO5/c1-15-25-32(15,26(35)36-14-17-5-7-21(22(28)10-17)27(29,30)31)13-20-12-19(6-8-23(20)37-25)18-4-2-3-16(9-18)11-24(33)34/h2-9,12,15,17,25H,10-11,13-14H2,1H3/p+1/t15-,17?,25?,32?/m1/s1. The van der Waals surface area contributed by atoms with Crippen molar-refractivity contribution in [1.29, 1.82) is 0 Å². The van der Waals surface area contributed by atoms with E-state index >= 15 is 0 Å². The molecule has 1 fully saturated rings. The molecule has 3 aliphatic rings. The van der Waals surface area contributed by atoms with Crippen LogP contribution >= 0.6 is 0 Å². The summed E-state index contributed by atoms with van der Waals surface area (Å²) in [7, 11) is 0. The molecule has 0 saturated carbocycles. The van der Waals surface area contributed by atoms with E-state index in [2.05, 4.69) is 0 Å². The molecule has 0 spiro atoms. The Morgan fingerprint density at radius 2 is 1.92 bits per heavy atom. The summed E-state index contributed by atoms with van der Waals surface area (Å²) in [5.41, 5.74) is 1.80. The van der Waals surface area contributed by atoms with Gasteiger partial charge in [-0.3, -0.25) is 4.79 Å². The van der Waals surface area contributed by atoms with Gasteiger partial charge in [0.25, 0.3) is 6.23 Å². The number of aliphatic carboxylic acids is 1. The number of quaternary nitrogens is 1. The SMILES string of the molecule is C[C@@H]1C2Oc3ccc(-c4cccc(CC(=O)O)c4)cc3C[N+]21C(=O)OCC1C=CC(C(F)(F)F)=C(F)C1. The number of benzene rings is 2. The summed E-state index contributed by atoms with van der Waals surface area (Å²) in [4.78, 5) is 24.2. The molecule has 3 unspecified atom stereocenters. The Kier molecular flexibility index (Phi) is 6.10. The van der Waals surface area contributed by atoms with Crippen molar-refractivity contribution in [2.24, 2.45) is 5.92 Å². The third-order valence-corrected chi connectivity index (χ3v) is 7.19. The first kappa shape index (κ1) is 25.0. The zero-order valence-electron chi connectivity index (χ0n) is 19.8. The van der Waals surface area contributed by atoms with Gasteiger partial charge >= 0.3 is 18.2 Å². The maximum atomic E-state index is 14.0. The molecule has 0 radical (unpaired) electrons. The van der Waals surface area contributed by atoms with Crippen molar-refractivity contribution in [3.8, 4) is 16.9 Å². The van der Waals surface area contributed by atoms with E-state index in [-0.39, 0.29) is 23.6 Å². The van der Waals surface area contributed by atoms with E-state index in [9.17, 15) is 27.2 Å². The highest BCUT2D eigenvalue weighted by atomic mass is 19.4. The van der Waals surface area contributed by atoms with Crippen LogP contribution in [-0.2, 0) is 22.5 Å². The quantitative estimate of drug-likeness (QED) is 0.302. The molecule has 0 bridgehead atoms. The van der Waals surface area contributed by atoms with Crippen LogP contribution in [0.2, 0.25) is 0 Å². The van der Waals surface area contributed by atoms with Crippen LogP contribution in [0.25, 0.3) is 11.1 Å². The summed E-state index contributed by atoms with van der Waals surface area (Å²) in [5.74, 6) is -2.24. The summed E-state index contributed by atoms with van der Waals surface area (Å²) in [6, 6.07) is 12.6. The Bertz CT molecular complexity index is 1330. The topological polar surface area (TPSA) is 72.8 Å². The summed E-state index contributed by atoms with van der Waals surface area (Å²) in [6.07, 6.45) is -4.45. The molecule has 37 heavy (non-hydrogen) atoms. The number of rotatable bonds is 5. The van der Waals surface area contributed by atoms with Gasteiger partial charge in [-0.15, -0.1) is 0 Å². The van der Waals surface area contributed by atoms with Gasteiger partial charge in [0.2, 0.25) is 0 Å². The molecule has 4 atom stereocenters. The summed E-state index contributed by atoms with van der Waals surface area (Å²) < 4.78 is 63.9. The van der Waals surface area contributed by atoms with Gasteiger partial charge < -0.3 is 14.6 Å². The molecule has 2 heterocycles. The molecule has 2 aromatic rings. The van der Waals surface area contributed by atoms with Crippen LogP contribution in [0.4, 0.5) is 22.4 Å². The fourth-order valence-electron chi connectivity index (χ4n) is 5.11. The lowest BCUT2D eigenvalue weighted by Gasteiger charge is -2.25. The first-order valence-electron chi connectivity index (χ1n) is 11.8. The number of hydrogen-bond acceptors (Lipinski definition) is 4. The zero-order valence-corrected chi connectivity index (χ0v) is 19.8. The number of hydrogen-bond donors (Lipinski definition) is 1. The number of carboxylic acid groups (broad SMARTS) is 1. The van der Waals surface area contributed by atoms with E-state index in [1.165, 1.54) is 6.08 Å². The van der Waals surface area contributed by atoms with E-state index in [1.807, 2.05) is 31.2 Å². The Morgan fingerprint density at radius 1 is 1.16 bits per heavy atom. The average Bonchev–Trinajstić information content (AvgIpc) is 3.43. The normalized spacial score (nSPS) is 26.1. The van der Waals surface area contributed by atoms with Gasteiger partial charge in [0.05, 0.1) is 12.0 Å². The van der Waals surface area contributed by atoms with Crippen molar-refractivity contribution in [3.05, 3.63) is 77.1 Å². The number of fused-ring (bicyclic) bond motifs is 2. The van der Waals surface area contributed by atoms with E-state index in [0.717, 1.165) is 16.7 Å². The third-order valence-electron chi connectivity index (χ3n) is 7.19. The molecule has 194 valence electrons. The van der Waals surface area contributed by atoms with Gasteiger partial charge in [0.1, 0.15) is 24.7 Å². The van der Waals surface area contributed by atoms with Gasteiger partial charge in [0, 0.05) is 17.9 Å². The molecule has 1 aliphatic carbocycles. The second kappa shape index (κ2) is 9.02. The molecule has 6 nitrogen and oxygen atoms in total. The van der Waals surface area contributed by atoms with E-state index < -0.39 is 48.2 Å². The van der Waals surface area contributed by atoms with Gasteiger partial charge in [-0.05, 0) is 35.7 Å². The number of allylic oxidation sites excluding steroid dienone is 3. The average molecular weight is 518 g/mol. The van der Waals surface area contributed by atoms with Crippen molar-refractivity contribution in [2.75, 3.05) is 6.61 Å².